The maximum absolute atomic E-state index is 11.2. The van der Waals surface area contributed by atoms with Crippen LogP contribution in [-0.2, 0) is 4.79 Å². The topological polar surface area (TPSA) is 75.0 Å². The van der Waals surface area contributed by atoms with Gasteiger partial charge < -0.3 is 10.1 Å². The summed E-state index contributed by atoms with van der Waals surface area (Å²) in [6.07, 6.45) is 0. The van der Waals surface area contributed by atoms with Gasteiger partial charge in [0.05, 0.1) is 5.69 Å². The summed E-state index contributed by atoms with van der Waals surface area (Å²) in [5.41, 5.74) is 1.89. The summed E-state index contributed by atoms with van der Waals surface area (Å²) in [7, 11) is 0. The lowest BCUT2D eigenvalue weighted by Crippen LogP contribution is -2.25. The van der Waals surface area contributed by atoms with E-state index in [9.17, 15) is 4.79 Å². The largest absolute Gasteiger partial charge is 0.482 e. The normalized spacial score (nSPS) is 13.2. The number of thiazole rings is 1. The smallest absolute Gasteiger partial charge is 0.262 e. The number of rotatable bonds is 1. The lowest BCUT2D eigenvalue weighted by atomic mass is 10.2. The first-order valence-corrected chi connectivity index (χ1v) is 6.07. The molecule has 0 radical (unpaired) electrons. The minimum absolute atomic E-state index is 0.0438. The zero-order chi connectivity index (χ0) is 12.5. The Labute approximate surface area is 107 Å². The molecule has 0 saturated heterocycles. The molecule has 0 spiro atoms. The number of hydrogen-bond acceptors (Lipinski definition) is 5. The van der Waals surface area contributed by atoms with Crippen molar-refractivity contribution in [1.82, 2.24) is 4.98 Å². The molecule has 1 aromatic heterocycles. The minimum Gasteiger partial charge on any atom is -0.482 e. The molecule has 0 bridgehead atoms. The quantitative estimate of drug-likeness (QED) is 0.848. The molecule has 0 atom stereocenters. The van der Waals surface area contributed by atoms with Crippen LogP contribution in [0.5, 0.6) is 5.75 Å². The Kier molecular flexibility index (Phi) is 2.46. The number of aromatic nitrogens is 1. The predicted molar refractivity (Wildman–Crippen MR) is 66.4 cm³/mol. The Bertz CT molecular complexity index is 672. The molecule has 0 fully saturated rings. The summed E-state index contributed by atoms with van der Waals surface area (Å²) in [6.45, 7) is 0.0438. The van der Waals surface area contributed by atoms with E-state index in [1.54, 1.807) is 17.5 Å². The van der Waals surface area contributed by atoms with E-state index in [0.717, 1.165) is 10.6 Å². The first-order chi connectivity index (χ1) is 8.76. The number of carbonyl (C=O) groups excluding carboxylic acids is 1. The first kappa shape index (κ1) is 10.7. The SMILES string of the molecule is N#Cc1csc(-c2ccc3c(c2)NC(=O)CO3)n1. The zero-order valence-electron chi connectivity index (χ0n) is 9.14. The zero-order valence-corrected chi connectivity index (χ0v) is 9.95. The van der Waals surface area contributed by atoms with Crippen LogP contribution >= 0.6 is 11.3 Å². The molecule has 1 aromatic carbocycles. The molecule has 1 amide bonds. The number of amides is 1. The van der Waals surface area contributed by atoms with Crippen LogP contribution in [0, 0.1) is 11.3 Å². The number of nitrogens with zero attached hydrogens (tertiary/aromatic N) is 2. The molecule has 1 aliphatic heterocycles. The van der Waals surface area contributed by atoms with Crippen molar-refractivity contribution < 1.29 is 9.53 Å². The third kappa shape index (κ3) is 1.81. The van der Waals surface area contributed by atoms with Gasteiger partial charge in [0.15, 0.2) is 12.3 Å². The molecule has 0 saturated carbocycles. The molecule has 2 aromatic rings. The number of anilines is 1. The molecule has 0 aliphatic carbocycles. The Morgan fingerprint density at radius 3 is 3.17 bits per heavy atom. The van der Waals surface area contributed by atoms with Gasteiger partial charge in [0, 0.05) is 10.9 Å². The van der Waals surface area contributed by atoms with Gasteiger partial charge >= 0.3 is 0 Å². The van der Waals surface area contributed by atoms with Gasteiger partial charge in [0.1, 0.15) is 16.8 Å². The highest BCUT2D eigenvalue weighted by atomic mass is 32.1. The summed E-state index contributed by atoms with van der Waals surface area (Å²) in [4.78, 5) is 15.4. The lowest BCUT2D eigenvalue weighted by molar-refractivity contribution is -0.118. The Morgan fingerprint density at radius 1 is 1.50 bits per heavy atom. The first-order valence-electron chi connectivity index (χ1n) is 5.19. The van der Waals surface area contributed by atoms with Crippen molar-refractivity contribution in [2.45, 2.75) is 0 Å². The number of hydrogen-bond donors (Lipinski definition) is 1. The second-order valence-electron chi connectivity index (χ2n) is 3.70. The Hall–Kier alpha value is -2.39. The molecule has 1 N–H and O–H groups in total. The number of fused-ring (bicyclic) bond motifs is 1. The van der Waals surface area contributed by atoms with Crippen LogP contribution in [0.3, 0.4) is 0 Å². The van der Waals surface area contributed by atoms with Crippen molar-refractivity contribution in [3.63, 3.8) is 0 Å². The average molecular weight is 257 g/mol. The lowest BCUT2D eigenvalue weighted by Gasteiger charge is -2.18. The highest BCUT2D eigenvalue weighted by Crippen LogP contribution is 2.33. The molecule has 5 nitrogen and oxygen atoms in total. The van der Waals surface area contributed by atoms with Crippen LogP contribution in [0.1, 0.15) is 5.69 Å². The fourth-order valence-electron chi connectivity index (χ4n) is 1.67. The highest BCUT2D eigenvalue weighted by Gasteiger charge is 2.17. The summed E-state index contributed by atoms with van der Waals surface area (Å²) >= 11 is 1.39. The second kappa shape index (κ2) is 4.13. The van der Waals surface area contributed by atoms with Crippen molar-refractivity contribution in [2.75, 3.05) is 11.9 Å². The third-order valence-electron chi connectivity index (χ3n) is 2.48. The van der Waals surface area contributed by atoms with E-state index in [2.05, 4.69) is 10.3 Å². The van der Waals surface area contributed by atoms with Crippen molar-refractivity contribution in [1.29, 1.82) is 5.26 Å². The van der Waals surface area contributed by atoms with Gasteiger partial charge in [0.2, 0.25) is 0 Å². The number of ether oxygens (including phenoxy) is 1. The number of carbonyl (C=O) groups is 1. The Morgan fingerprint density at radius 2 is 2.39 bits per heavy atom. The van der Waals surface area contributed by atoms with Crippen molar-refractivity contribution in [2.24, 2.45) is 0 Å². The summed E-state index contributed by atoms with van der Waals surface area (Å²) in [6, 6.07) is 7.44. The minimum atomic E-state index is -0.170. The van der Waals surface area contributed by atoms with Crippen LogP contribution in [0.25, 0.3) is 10.6 Å². The van der Waals surface area contributed by atoms with E-state index in [0.29, 0.717) is 17.1 Å². The van der Waals surface area contributed by atoms with E-state index in [1.807, 2.05) is 12.1 Å². The van der Waals surface area contributed by atoms with Crippen LogP contribution < -0.4 is 10.1 Å². The molecule has 1 aliphatic rings. The molecular formula is C12H7N3O2S. The standard InChI is InChI=1S/C12H7N3O2S/c13-4-8-6-18-12(14-8)7-1-2-10-9(3-7)15-11(16)5-17-10/h1-3,6H,5H2,(H,15,16). The van der Waals surface area contributed by atoms with Crippen molar-refractivity contribution >= 4 is 22.9 Å². The van der Waals surface area contributed by atoms with Gasteiger partial charge in [-0.3, -0.25) is 4.79 Å². The summed E-state index contributed by atoms with van der Waals surface area (Å²) < 4.78 is 5.27. The number of nitrogens with one attached hydrogen (secondary N) is 1. The Balaban J connectivity index is 2.01. The predicted octanol–water partition coefficient (Wildman–Crippen LogP) is 2.01. The summed E-state index contributed by atoms with van der Waals surface area (Å²) in [5.74, 6) is 0.479. The van der Waals surface area contributed by atoms with Gasteiger partial charge in [-0.1, -0.05) is 0 Å². The van der Waals surface area contributed by atoms with E-state index >= 15 is 0 Å². The molecular weight excluding hydrogens is 250 g/mol. The van der Waals surface area contributed by atoms with Gasteiger partial charge in [-0.15, -0.1) is 11.3 Å². The maximum atomic E-state index is 11.2. The van der Waals surface area contributed by atoms with Crippen LogP contribution in [-0.4, -0.2) is 17.5 Å². The molecule has 2 heterocycles. The van der Waals surface area contributed by atoms with Crippen molar-refractivity contribution in [3.05, 3.63) is 29.3 Å². The molecule has 3 rings (SSSR count). The van der Waals surface area contributed by atoms with Gasteiger partial charge in [-0.2, -0.15) is 5.26 Å². The van der Waals surface area contributed by atoms with Gasteiger partial charge in [-0.05, 0) is 18.2 Å². The van der Waals surface area contributed by atoms with Crippen LogP contribution in [0.4, 0.5) is 5.69 Å². The van der Waals surface area contributed by atoms with Gasteiger partial charge in [-0.25, -0.2) is 4.98 Å². The molecule has 18 heavy (non-hydrogen) atoms. The van der Waals surface area contributed by atoms with Crippen molar-refractivity contribution in [3.8, 4) is 22.4 Å². The monoisotopic (exact) mass is 257 g/mol. The molecule has 0 unspecified atom stereocenters. The fraction of sp³-hybridized carbons (Fsp3) is 0.0833. The maximum Gasteiger partial charge on any atom is 0.262 e. The molecule has 6 heteroatoms. The number of benzene rings is 1. The third-order valence-corrected chi connectivity index (χ3v) is 3.37. The number of nitriles is 1. The second-order valence-corrected chi connectivity index (χ2v) is 4.56. The van der Waals surface area contributed by atoms with Gasteiger partial charge in [0.25, 0.3) is 5.91 Å². The van der Waals surface area contributed by atoms with Crippen LogP contribution in [0.15, 0.2) is 23.6 Å². The molecule has 88 valence electrons. The van der Waals surface area contributed by atoms with E-state index in [4.69, 9.17) is 10.00 Å². The van der Waals surface area contributed by atoms with E-state index in [1.165, 1.54) is 11.3 Å². The average Bonchev–Trinajstić information content (AvgIpc) is 2.86. The van der Waals surface area contributed by atoms with Crippen LogP contribution in [0.2, 0.25) is 0 Å². The highest BCUT2D eigenvalue weighted by molar-refractivity contribution is 7.13. The van der Waals surface area contributed by atoms with E-state index in [-0.39, 0.29) is 12.5 Å². The van der Waals surface area contributed by atoms with E-state index < -0.39 is 0 Å². The summed E-state index contributed by atoms with van der Waals surface area (Å²) in [5, 5.41) is 13.9. The fourth-order valence-corrected chi connectivity index (χ4v) is 2.42.